The lowest BCUT2D eigenvalue weighted by molar-refractivity contribution is -0.136. The zero-order valence-corrected chi connectivity index (χ0v) is 10.1. The molecule has 18 heavy (non-hydrogen) atoms. The van der Waals surface area contributed by atoms with Gasteiger partial charge in [0.05, 0.1) is 6.10 Å². The van der Waals surface area contributed by atoms with Crippen LogP contribution in [0.2, 0.25) is 0 Å². The Bertz CT molecular complexity index is 396. The van der Waals surface area contributed by atoms with E-state index in [1.165, 1.54) is 0 Å². The second kappa shape index (κ2) is 5.31. The first-order valence-electron chi connectivity index (χ1n) is 6.31. The lowest BCUT2D eigenvalue weighted by atomic mass is 9.96. The van der Waals surface area contributed by atoms with Crippen molar-refractivity contribution in [1.82, 2.24) is 0 Å². The highest BCUT2D eigenvalue weighted by Crippen LogP contribution is 2.43. The Labute approximate surface area is 105 Å². The molecule has 1 fully saturated rings. The van der Waals surface area contributed by atoms with Crippen molar-refractivity contribution in [2.75, 3.05) is 0 Å². The van der Waals surface area contributed by atoms with Gasteiger partial charge in [0.25, 0.3) is 0 Å². The maximum absolute atomic E-state index is 12.0. The van der Waals surface area contributed by atoms with Gasteiger partial charge in [-0.1, -0.05) is 24.3 Å². The Kier molecular flexibility index (Phi) is 3.95. The third-order valence-corrected chi connectivity index (χ3v) is 3.31. The third kappa shape index (κ3) is 3.73. The summed E-state index contributed by atoms with van der Waals surface area (Å²) in [5.41, 5.74) is 1.92. The Hall–Kier alpha value is -1.03. The second-order valence-corrected chi connectivity index (χ2v) is 4.93. The van der Waals surface area contributed by atoms with E-state index in [1.54, 1.807) is 0 Å². The smallest absolute Gasteiger partial charge is 0.388 e. The van der Waals surface area contributed by atoms with Crippen molar-refractivity contribution < 1.29 is 18.3 Å². The molecule has 0 aromatic heterocycles. The number of hydrogen-bond donors (Lipinski definition) is 1. The van der Waals surface area contributed by atoms with Crippen molar-refractivity contribution in [2.24, 2.45) is 0 Å². The molecule has 1 aromatic carbocycles. The number of aliphatic hydroxyl groups excluding tert-OH is 1. The molecule has 1 atom stereocenters. The molecule has 1 aromatic rings. The van der Waals surface area contributed by atoms with Gasteiger partial charge in [0.1, 0.15) is 0 Å². The van der Waals surface area contributed by atoms with E-state index in [0.29, 0.717) is 5.92 Å². The molecule has 1 N–H and O–H groups in total. The van der Waals surface area contributed by atoms with Crippen LogP contribution in [0, 0.1) is 0 Å². The Morgan fingerprint density at radius 2 is 1.89 bits per heavy atom. The summed E-state index contributed by atoms with van der Waals surface area (Å²) in [7, 11) is 0. The molecule has 1 saturated carbocycles. The van der Waals surface area contributed by atoms with Crippen LogP contribution in [-0.2, 0) is 0 Å². The van der Waals surface area contributed by atoms with Gasteiger partial charge in [-0.3, -0.25) is 0 Å². The molecule has 0 radical (unpaired) electrons. The number of rotatable bonds is 5. The average Bonchev–Trinajstić information content (AvgIpc) is 3.11. The van der Waals surface area contributed by atoms with Crippen molar-refractivity contribution >= 4 is 0 Å². The fourth-order valence-electron chi connectivity index (χ4n) is 2.23. The van der Waals surface area contributed by atoms with E-state index in [0.717, 1.165) is 24.0 Å². The normalized spacial score (nSPS) is 17.8. The standard InChI is InChI=1S/C14H17F3O/c15-14(16,17)9-3-6-13(18)12-5-2-1-4-11(12)10-7-8-10/h1-2,4-5,10,13,18H,3,6-9H2. The van der Waals surface area contributed by atoms with Crippen molar-refractivity contribution in [1.29, 1.82) is 0 Å². The summed E-state index contributed by atoms with van der Waals surface area (Å²) in [5, 5.41) is 10.0. The van der Waals surface area contributed by atoms with Gasteiger partial charge in [0.2, 0.25) is 0 Å². The molecular formula is C14H17F3O. The first kappa shape index (κ1) is 13.4. The molecule has 0 aliphatic heterocycles. The highest BCUT2D eigenvalue weighted by Gasteiger charge is 2.29. The molecule has 0 bridgehead atoms. The molecule has 0 spiro atoms. The summed E-state index contributed by atoms with van der Waals surface area (Å²) in [6, 6.07) is 7.54. The molecule has 1 nitrogen and oxygen atoms in total. The highest BCUT2D eigenvalue weighted by molar-refractivity contribution is 5.34. The van der Waals surface area contributed by atoms with Gasteiger partial charge in [-0.25, -0.2) is 0 Å². The van der Waals surface area contributed by atoms with E-state index in [9.17, 15) is 18.3 Å². The number of benzene rings is 1. The van der Waals surface area contributed by atoms with E-state index in [4.69, 9.17) is 0 Å². The van der Waals surface area contributed by atoms with Gasteiger partial charge in [-0.05, 0) is 42.7 Å². The van der Waals surface area contributed by atoms with Crippen LogP contribution in [0.1, 0.15) is 55.3 Å². The molecular weight excluding hydrogens is 241 g/mol. The minimum atomic E-state index is -4.13. The van der Waals surface area contributed by atoms with E-state index in [2.05, 4.69) is 0 Å². The number of aliphatic hydroxyl groups is 1. The monoisotopic (exact) mass is 258 g/mol. The second-order valence-electron chi connectivity index (χ2n) is 4.93. The maximum Gasteiger partial charge on any atom is 0.389 e. The summed E-state index contributed by atoms with van der Waals surface area (Å²) in [5.74, 6) is 0.499. The van der Waals surface area contributed by atoms with Gasteiger partial charge in [-0.2, -0.15) is 13.2 Å². The lowest BCUT2D eigenvalue weighted by Crippen LogP contribution is -2.08. The largest absolute Gasteiger partial charge is 0.389 e. The van der Waals surface area contributed by atoms with Crippen molar-refractivity contribution in [3.8, 4) is 0 Å². The minimum Gasteiger partial charge on any atom is -0.388 e. The van der Waals surface area contributed by atoms with Crippen LogP contribution < -0.4 is 0 Å². The van der Waals surface area contributed by atoms with Crippen LogP contribution in [0.4, 0.5) is 13.2 Å². The number of hydrogen-bond acceptors (Lipinski definition) is 1. The molecule has 1 aliphatic rings. The van der Waals surface area contributed by atoms with Crippen LogP contribution in [0.15, 0.2) is 24.3 Å². The predicted molar refractivity (Wildman–Crippen MR) is 63.3 cm³/mol. The van der Waals surface area contributed by atoms with Gasteiger partial charge in [0.15, 0.2) is 0 Å². The zero-order chi connectivity index (χ0) is 13.2. The Balaban J connectivity index is 1.94. The fourth-order valence-corrected chi connectivity index (χ4v) is 2.23. The SMILES string of the molecule is OC(CCCC(F)(F)F)c1ccccc1C1CC1. The van der Waals surface area contributed by atoms with E-state index < -0.39 is 18.7 Å². The van der Waals surface area contributed by atoms with Gasteiger partial charge >= 0.3 is 6.18 Å². The molecule has 1 aliphatic carbocycles. The number of halogens is 3. The van der Waals surface area contributed by atoms with Gasteiger partial charge in [0, 0.05) is 6.42 Å². The minimum absolute atomic E-state index is 0.0241. The molecule has 0 amide bonds. The van der Waals surface area contributed by atoms with E-state index in [1.807, 2.05) is 24.3 Å². The van der Waals surface area contributed by atoms with E-state index in [-0.39, 0.29) is 12.8 Å². The molecule has 0 heterocycles. The quantitative estimate of drug-likeness (QED) is 0.833. The Morgan fingerprint density at radius 3 is 2.50 bits per heavy atom. The van der Waals surface area contributed by atoms with Crippen molar-refractivity contribution in [3.05, 3.63) is 35.4 Å². The molecule has 4 heteroatoms. The van der Waals surface area contributed by atoms with Crippen LogP contribution >= 0.6 is 0 Å². The predicted octanol–water partition coefficient (Wildman–Crippen LogP) is 4.33. The molecule has 100 valence electrons. The summed E-state index contributed by atoms with van der Waals surface area (Å²) in [4.78, 5) is 0. The van der Waals surface area contributed by atoms with Gasteiger partial charge < -0.3 is 5.11 Å². The number of alkyl halides is 3. The summed E-state index contributed by atoms with van der Waals surface area (Å²) >= 11 is 0. The lowest BCUT2D eigenvalue weighted by Gasteiger charge is -2.15. The average molecular weight is 258 g/mol. The molecule has 1 unspecified atom stereocenters. The highest BCUT2D eigenvalue weighted by atomic mass is 19.4. The first-order chi connectivity index (χ1) is 8.47. The fraction of sp³-hybridized carbons (Fsp3) is 0.571. The summed E-state index contributed by atoms with van der Waals surface area (Å²) < 4.78 is 36.1. The van der Waals surface area contributed by atoms with E-state index >= 15 is 0 Å². The van der Waals surface area contributed by atoms with Crippen LogP contribution in [0.3, 0.4) is 0 Å². The summed E-state index contributed by atoms with van der Waals surface area (Å²) in [6.45, 7) is 0. The molecule has 2 rings (SSSR count). The first-order valence-corrected chi connectivity index (χ1v) is 6.31. The third-order valence-electron chi connectivity index (χ3n) is 3.31. The van der Waals surface area contributed by atoms with Crippen molar-refractivity contribution in [3.63, 3.8) is 0 Å². The van der Waals surface area contributed by atoms with Crippen LogP contribution in [-0.4, -0.2) is 11.3 Å². The van der Waals surface area contributed by atoms with Crippen LogP contribution in [0.5, 0.6) is 0 Å². The van der Waals surface area contributed by atoms with Crippen molar-refractivity contribution in [2.45, 2.75) is 50.3 Å². The molecule has 0 saturated heterocycles. The summed E-state index contributed by atoms with van der Waals surface area (Å²) in [6.07, 6.45) is -3.35. The zero-order valence-electron chi connectivity index (χ0n) is 10.1. The Morgan fingerprint density at radius 1 is 1.22 bits per heavy atom. The topological polar surface area (TPSA) is 20.2 Å². The van der Waals surface area contributed by atoms with Crippen LogP contribution in [0.25, 0.3) is 0 Å². The van der Waals surface area contributed by atoms with Gasteiger partial charge in [-0.15, -0.1) is 0 Å². The maximum atomic E-state index is 12.0.